The van der Waals surface area contributed by atoms with Gasteiger partial charge >= 0.3 is 0 Å². The van der Waals surface area contributed by atoms with Crippen molar-refractivity contribution in [3.63, 3.8) is 0 Å². The van der Waals surface area contributed by atoms with E-state index in [0.29, 0.717) is 62.3 Å². The van der Waals surface area contributed by atoms with Gasteiger partial charge in [0.05, 0.1) is 26.4 Å². The highest BCUT2D eigenvalue weighted by Gasteiger charge is 1.99. The van der Waals surface area contributed by atoms with Crippen LogP contribution in [0.1, 0.15) is 11.1 Å². The number of rotatable bonds is 13. The molecule has 8 nitrogen and oxygen atoms in total. The molecule has 0 unspecified atom stereocenters. The zero-order valence-electron chi connectivity index (χ0n) is 16.5. The summed E-state index contributed by atoms with van der Waals surface area (Å²) in [5.41, 5.74) is 12.1. The van der Waals surface area contributed by atoms with Gasteiger partial charge in [0.25, 0.3) is 0 Å². The third-order valence-electron chi connectivity index (χ3n) is 3.70. The number of nitrogens with two attached hydrogens (primary N) is 2. The van der Waals surface area contributed by atoms with E-state index >= 15 is 0 Å². The van der Waals surface area contributed by atoms with Crippen molar-refractivity contribution in [2.24, 2.45) is 11.5 Å². The smallest absolute Gasteiger partial charge is 0.122 e. The van der Waals surface area contributed by atoms with E-state index in [2.05, 4.69) is 0 Å². The normalized spacial score (nSPS) is 9.73. The van der Waals surface area contributed by atoms with Crippen molar-refractivity contribution in [1.29, 1.82) is 10.8 Å². The van der Waals surface area contributed by atoms with E-state index in [1.54, 1.807) is 48.5 Å². The molecule has 166 valence electrons. The van der Waals surface area contributed by atoms with Crippen LogP contribution in [0.2, 0.25) is 0 Å². The maximum absolute atomic E-state index is 7.33. The molecule has 0 aliphatic carbocycles. The SMILES string of the molecule is Cl.Cl.N=C(N)c1ccc(OCCOCCOCCOc2ccc(C(=N)N)cc2)cc1. The minimum Gasteiger partial charge on any atom is -0.491 e. The third-order valence-corrected chi connectivity index (χ3v) is 3.70. The second-order valence-electron chi connectivity index (χ2n) is 5.80. The van der Waals surface area contributed by atoms with Gasteiger partial charge in [-0.25, -0.2) is 0 Å². The van der Waals surface area contributed by atoms with Gasteiger partial charge in [0.15, 0.2) is 0 Å². The first-order valence-electron chi connectivity index (χ1n) is 8.86. The molecule has 2 aromatic carbocycles. The fourth-order valence-electron chi connectivity index (χ4n) is 2.22. The summed E-state index contributed by atoms with van der Waals surface area (Å²) < 4.78 is 22.0. The second kappa shape index (κ2) is 15.3. The Bertz CT molecular complexity index is 693. The summed E-state index contributed by atoms with van der Waals surface area (Å²) in [6.45, 7) is 2.71. The molecule has 2 rings (SSSR count). The Morgan fingerprint density at radius 2 is 0.867 bits per heavy atom. The highest BCUT2D eigenvalue weighted by atomic mass is 35.5. The molecule has 0 heterocycles. The summed E-state index contributed by atoms with van der Waals surface area (Å²) >= 11 is 0. The van der Waals surface area contributed by atoms with Crippen LogP contribution in [0.4, 0.5) is 0 Å². The fourth-order valence-corrected chi connectivity index (χ4v) is 2.22. The van der Waals surface area contributed by atoms with Crippen LogP contribution in [0.15, 0.2) is 48.5 Å². The molecule has 0 aliphatic heterocycles. The Kier molecular flexibility index (Phi) is 14.0. The lowest BCUT2D eigenvalue weighted by Crippen LogP contribution is -2.14. The molecule has 0 atom stereocenters. The molecule has 0 saturated heterocycles. The number of hydrogen-bond acceptors (Lipinski definition) is 6. The van der Waals surface area contributed by atoms with Crippen molar-refractivity contribution in [3.8, 4) is 11.5 Å². The standard InChI is InChI=1S/C20H26N4O4.2ClH/c21-19(22)15-1-5-17(6-2-15)27-13-11-25-9-10-26-12-14-28-18-7-3-16(4-8-18)20(23)24;;/h1-8H,9-14H2,(H3,21,22)(H3,23,24);2*1H. The summed E-state index contributed by atoms with van der Waals surface area (Å²) in [6, 6.07) is 14.1. The lowest BCUT2D eigenvalue weighted by atomic mass is 10.2. The van der Waals surface area contributed by atoms with Crippen LogP contribution in [0.3, 0.4) is 0 Å². The van der Waals surface area contributed by atoms with Gasteiger partial charge in [-0.15, -0.1) is 24.8 Å². The maximum atomic E-state index is 7.33. The summed E-state index contributed by atoms with van der Waals surface area (Å²) in [7, 11) is 0. The predicted molar refractivity (Wildman–Crippen MR) is 122 cm³/mol. The van der Waals surface area contributed by atoms with Crippen molar-refractivity contribution in [1.82, 2.24) is 0 Å². The number of benzene rings is 2. The lowest BCUT2D eigenvalue weighted by Gasteiger charge is -2.09. The number of nitrogen functional groups attached to an aromatic ring is 2. The average molecular weight is 459 g/mol. The van der Waals surface area contributed by atoms with Gasteiger partial charge in [0.1, 0.15) is 36.4 Å². The molecule has 0 bridgehead atoms. The molecule has 10 heteroatoms. The van der Waals surface area contributed by atoms with Crippen molar-refractivity contribution in [3.05, 3.63) is 59.7 Å². The molecule has 30 heavy (non-hydrogen) atoms. The van der Waals surface area contributed by atoms with Gasteiger partial charge in [0, 0.05) is 11.1 Å². The molecule has 0 aromatic heterocycles. The molecule has 0 saturated carbocycles. The quantitative estimate of drug-likeness (QED) is 0.207. The van der Waals surface area contributed by atoms with Crippen molar-refractivity contribution in [2.75, 3.05) is 39.6 Å². The first-order chi connectivity index (χ1) is 13.6. The van der Waals surface area contributed by atoms with E-state index in [1.165, 1.54) is 0 Å². The fraction of sp³-hybridized carbons (Fsp3) is 0.300. The maximum Gasteiger partial charge on any atom is 0.122 e. The molecule has 2 aromatic rings. The zero-order valence-corrected chi connectivity index (χ0v) is 18.1. The first-order valence-corrected chi connectivity index (χ1v) is 8.86. The first kappa shape index (κ1) is 27.5. The molecule has 0 aliphatic rings. The average Bonchev–Trinajstić information content (AvgIpc) is 2.70. The molecule has 0 radical (unpaired) electrons. The van der Waals surface area contributed by atoms with E-state index in [1.807, 2.05) is 0 Å². The van der Waals surface area contributed by atoms with Crippen LogP contribution in [-0.2, 0) is 9.47 Å². The topological polar surface area (TPSA) is 137 Å². The van der Waals surface area contributed by atoms with Gasteiger partial charge in [-0.05, 0) is 48.5 Å². The summed E-state index contributed by atoms with van der Waals surface area (Å²) in [5, 5.41) is 14.7. The number of hydrogen-bond donors (Lipinski definition) is 4. The Morgan fingerprint density at radius 1 is 0.567 bits per heavy atom. The molecular formula is C20H28Cl2N4O4. The molecule has 0 amide bonds. The Labute approximate surface area is 188 Å². The van der Waals surface area contributed by atoms with E-state index in [0.717, 1.165) is 0 Å². The highest BCUT2D eigenvalue weighted by molar-refractivity contribution is 5.95. The summed E-state index contributed by atoms with van der Waals surface area (Å²) in [5.74, 6) is 1.48. The van der Waals surface area contributed by atoms with Crippen molar-refractivity contribution < 1.29 is 18.9 Å². The van der Waals surface area contributed by atoms with Gasteiger partial charge in [0.2, 0.25) is 0 Å². The number of ether oxygens (including phenoxy) is 4. The Balaban J connectivity index is 0.00000420. The Hall–Kier alpha value is -2.52. The van der Waals surface area contributed by atoms with E-state index in [9.17, 15) is 0 Å². The Morgan fingerprint density at radius 3 is 1.17 bits per heavy atom. The molecular weight excluding hydrogens is 431 g/mol. The highest BCUT2D eigenvalue weighted by Crippen LogP contribution is 2.12. The number of halogens is 2. The zero-order chi connectivity index (χ0) is 20.2. The molecule has 0 fully saturated rings. The third kappa shape index (κ3) is 10.3. The minimum absolute atomic E-state index is 0. The van der Waals surface area contributed by atoms with E-state index < -0.39 is 0 Å². The molecule has 6 N–H and O–H groups in total. The largest absolute Gasteiger partial charge is 0.491 e. The minimum atomic E-state index is 0. The van der Waals surface area contributed by atoms with Crippen LogP contribution >= 0.6 is 24.8 Å². The second-order valence-corrected chi connectivity index (χ2v) is 5.80. The summed E-state index contributed by atoms with van der Waals surface area (Å²) in [6.07, 6.45) is 0. The van der Waals surface area contributed by atoms with Gasteiger partial charge in [-0.1, -0.05) is 0 Å². The van der Waals surface area contributed by atoms with Crippen LogP contribution in [0.5, 0.6) is 11.5 Å². The molecule has 0 spiro atoms. The van der Waals surface area contributed by atoms with Gasteiger partial charge in [-0.2, -0.15) is 0 Å². The van der Waals surface area contributed by atoms with E-state index in [-0.39, 0.29) is 36.5 Å². The van der Waals surface area contributed by atoms with Crippen LogP contribution in [0, 0.1) is 10.8 Å². The monoisotopic (exact) mass is 458 g/mol. The lowest BCUT2D eigenvalue weighted by molar-refractivity contribution is 0.0273. The number of amidine groups is 2. The van der Waals surface area contributed by atoms with Crippen LogP contribution in [-0.4, -0.2) is 51.3 Å². The van der Waals surface area contributed by atoms with Gasteiger partial charge in [-0.3, -0.25) is 10.8 Å². The number of nitrogens with one attached hydrogen (secondary N) is 2. The van der Waals surface area contributed by atoms with Crippen LogP contribution < -0.4 is 20.9 Å². The van der Waals surface area contributed by atoms with Crippen molar-refractivity contribution in [2.45, 2.75) is 0 Å². The predicted octanol–water partition coefficient (Wildman–Crippen LogP) is 2.59. The van der Waals surface area contributed by atoms with Crippen molar-refractivity contribution >= 4 is 36.5 Å². The van der Waals surface area contributed by atoms with Crippen LogP contribution in [0.25, 0.3) is 0 Å². The van der Waals surface area contributed by atoms with E-state index in [4.69, 9.17) is 41.2 Å². The summed E-state index contributed by atoms with van der Waals surface area (Å²) in [4.78, 5) is 0. The van der Waals surface area contributed by atoms with Gasteiger partial charge < -0.3 is 30.4 Å².